The van der Waals surface area contributed by atoms with Crippen molar-refractivity contribution in [2.75, 3.05) is 28.4 Å². The highest BCUT2D eigenvalue weighted by Gasteiger charge is 2.15. The highest BCUT2D eigenvalue weighted by molar-refractivity contribution is 5.93. The largest absolute Gasteiger partial charge is 0.493 e. The van der Waals surface area contributed by atoms with Gasteiger partial charge in [-0.05, 0) is 12.1 Å². The molecule has 0 atom stereocenters. The molecule has 5 heteroatoms. The summed E-state index contributed by atoms with van der Waals surface area (Å²) >= 11 is 0. The zero-order valence-electron chi connectivity index (χ0n) is 9.79. The van der Waals surface area contributed by atoms with Crippen molar-refractivity contribution in [3.63, 3.8) is 0 Å². The second-order valence-corrected chi connectivity index (χ2v) is 2.95. The Bertz CT molecular complexity index is 365. The molecule has 1 aromatic rings. The van der Waals surface area contributed by atoms with Crippen molar-refractivity contribution in [1.82, 2.24) is 0 Å². The standard InChI is InChI=1S/C11H15NO4/c1-13-8-5-7(11(12)16-4)6-9(14-2)10(8)15-3/h5-6,12H,1-4H3. The summed E-state index contributed by atoms with van der Waals surface area (Å²) in [6.07, 6.45) is 0. The minimum Gasteiger partial charge on any atom is -0.493 e. The van der Waals surface area contributed by atoms with Gasteiger partial charge in [-0.1, -0.05) is 0 Å². The number of ether oxygens (including phenoxy) is 4. The predicted molar refractivity (Wildman–Crippen MR) is 59.9 cm³/mol. The predicted octanol–water partition coefficient (Wildman–Crippen LogP) is 1.68. The van der Waals surface area contributed by atoms with Crippen LogP contribution in [0.3, 0.4) is 0 Å². The molecule has 0 saturated heterocycles. The zero-order chi connectivity index (χ0) is 12.1. The van der Waals surface area contributed by atoms with Gasteiger partial charge in [-0.25, -0.2) is 0 Å². The maximum absolute atomic E-state index is 7.58. The molecular weight excluding hydrogens is 210 g/mol. The van der Waals surface area contributed by atoms with E-state index in [0.717, 1.165) is 0 Å². The highest BCUT2D eigenvalue weighted by Crippen LogP contribution is 2.38. The molecule has 0 aliphatic carbocycles. The van der Waals surface area contributed by atoms with E-state index in [-0.39, 0.29) is 5.90 Å². The second kappa shape index (κ2) is 5.25. The van der Waals surface area contributed by atoms with Crippen LogP contribution in [0.2, 0.25) is 0 Å². The molecule has 5 nitrogen and oxygen atoms in total. The van der Waals surface area contributed by atoms with Gasteiger partial charge in [-0.3, -0.25) is 5.41 Å². The van der Waals surface area contributed by atoms with Gasteiger partial charge in [0.05, 0.1) is 28.4 Å². The van der Waals surface area contributed by atoms with Crippen molar-refractivity contribution >= 4 is 5.90 Å². The lowest BCUT2D eigenvalue weighted by Crippen LogP contribution is -2.04. The minimum atomic E-state index is 0.0410. The Morgan fingerprint density at radius 3 is 1.75 bits per heavy atom. The van der Waals surface area contributed by atoms with Crippen LogP contribution in [0.15, 0.2) is 12.1 Å². The summed E-state index contributed by atoms with van der Waals surface area (Å²) in [7, 11) is 6.02. The van der Waals surface area contributed by atoms with E-state index in [1.165, 1.54) is 28.4 Å². The molecule has 0 spiro atoms. The quantitative estimate of drug-likeness (QED) is 0.625. The van der Waals surface area contributed by atoms with Crippen LogP contribution in [0.4, 0.5) is 0 Å². The summed E-state index contributed by atoms with van der Waals surface area (Å²) in [6.45, 7) is 0. The van der Waals surface area contributed by atoms with Crippen LogP contribution in [0.25, 0.3) is 0 Å². The maximum atomic E-state index is 7.58. The molecule has 1 rings (SSSR count). The minimum absolute atomic E-state index is 0.0410. The van der Waals surface area contributed by atoms with Gasteiger partial charge in [-0.15, -0.1) is 0 Å². The summed E-state index contributed by atoms with van der Waals surface area (Å²) in [5.74, 6) is 1.54. The normalized spacial score (nSPS) is 9.50. The molecular formula is C11H15NO4. The molecule has 0 amide bonds. The lowest BCUT2D eigenvalue weighted by molar-refractivity contribution is 0.323. The van der Waals surface area contributed by atoms with Gasteiger partial charge < -0.3 is 18.9 Å². The summed E-state index contributed by atoms with van der Waals surface area (Å²) < 4.78 is 20.3. The molecule has 0 saturated carbocycles. The molecule has 0 aliphatic heterocycles. The van der Waals surface area contributed by atoms with Gasteiger partial charge in [0.25, 0.3) is 0 Å². The van der Waals surface area contributed by atoms with Gasteiger partial charge in [0.15, 0.2) is 11.5 Å². The number of hydrogen-bond donors (Lipinski definition) is 1. The molecule has 0 aliphatic rings. The third-order valence-corrected chi connectivity index (χ3v) is 2.13. The van der Waals surface area contributed by atoms with E-state index in [1.807, 2.05) is 0 Å². The Hall–Kier alpha value is -1.91. The highest BCUT2D eigenvalue weighted by atomic mass is 16.5. The Morgan fingerprint density at radius 2 is 1.44 bits per heavy atom. The molecule has 1 aromatic carbocycles. The maximum Gasteiger partial charge on any atom is 0.213 e. The molecule has 0 heterocycles. The monoisotopic (exact) mass is 225 g/mol. The fourth-order valence-electron chi connectivity index (χ4n) is 1.33. The van der Waals surface area contributed by atoms with Crippen LogP contribution in [-0.2, 0) is 4.74 Å². The van der Waals surface area contributed by atoms with E-state index in [9.17, 15) is 0 Å². The fraction of sp³-hybridized carbons (Fsp3) is 0.364. The third-order valence-electron chi connectivity index (χ3n) is 2.13. The van der Waals surface area contributed by atoms with Gasteiger partial charge in [0.2, 0.25) is 11.6 Å². The summed E-state index contributed by atoms with van der Waals surface area (Å²) in [6, 6.07) is 3.32. The first-order valence-electron chi connectivity index (χ1n) is 4.60. The molecule has 1 N–H and O–H groups in total. The van der Waals surface area contributed by atoms with Gasteiger partial charge in [0, 0.05) is 5.56 Å². The Kier molecular flexibility index (Phi) is 3.99. The van der Waals surface area contributed by atoms with Crippen LogP contribution < -0.4 is 14.2 Å². The van der Waals surface area contributed by atoms with Gasteiger partial charge in [0.1, 0.15) is 0 Å². The van der Waals surface area contributed by atoms with Crippen molar-refractivity contribution < 1.29 is 18.9 Å². The topological polar surface area (TPSA) is 60.8 Å². The molecule has 0 bridgehead atoms. The Labute approximate surface area is 94.4 Å². The summed E-state index contributed by atoms with van der Waals surface area (Å²) in [5.41, 5.74) is 0.567. The van der Waals surface area contributed by atoms with Crippen molar-refractivity contribution in [2.24, 2.45) is 0 Å². The SMILES string of the molecule is COC(=N)c1cc(OC)c(OC)c(OC)c1. The summed E-state index contributed by atoms with van der Waals surface area (Å²) in [4.78, 5) is 0. The molecule has 0 unspecified atom stereocenters. The lowest BCUT2D eigenvalue weighted by Gasteiger charge is -2.13. The number of methoxy groups -OCH3 is 4. The average molecular weight is 225 g/mol. The smallest absolute Gasteiger partial charge is 0.213 e. The lowest BCUT2D eigenvalue weighted by atomic mass is 10.2. The van der Waals surface area contributed by atoms with E-state index in [0.29, 0.717) is 22.8 Å². The van der Waals surface area contributed by atoms with Crippen LogP contribution in [0.1, 0.15) is 5.56 Å². The van der Waals surface area contributed by atoms with Crippen molar-refractivity contribution in [2.45, 2.75) is 0 Å². The first-order valence-corrected chi connectivity index (χ1v) is 4.60. The Morgan fingerprint density at radius 1 is 0.938 bits per heavy atom. The van der Waals surface area contributed by atoms with Crippen LogP contribution >= 0.6 is 0 Å². The fourth-order valence-corrected chi connectivity index (χ4v) is 1.33. The zero-order valence-corrected chi connectivity index (χ0v) is 9.79. The second-order valence-electron chi connectivity index (χ2n) is 2.95. The van der Waals surface area contributed by atoms with E-state index >= 15 is 0 Å². The van der Waals surface area contributed by atoms with E-state index in [1.54, 1.807) is 12.1 Å². The molecule has 0 fully saturated rings. The molecule has 0 radical (unpaired) electrons. The van der Waals surface area contributed by atoms with Crippen LogP contribution in [0.5, 0.6) is 17.2 Å². The van der Waals surface area contributed by atoms with Gasteiger partial charge >= 0.3 is 0 Å². The number of rotatable bonds is 4. The molecule has 88 valence electrons. The summed E-state index contributed by atoms with van der Waals surface area (Å²) in [5, 5.41) is 7.58. The van der Waals surface area contributed by atoms with Crippen LogP contribution in [0, 0.1) is 5.41 Å². The van der Waals surface area contributed by atoms with Crippen molar-refractivity contribution in [3.8, 4) is 17.2 Å². The first kappa shape index (κ1) is 12.2. The van der Waals surface area contributed by atoms with Gasteiger partial charge in [-0.2, -0.15) is 0 Å². The Balaban J connectivity index is 3.31. The van der Waals surface area contributed by atoms with Crippen LogP contribution in [-0.4, -0.2) is 34.3 Å². The average Bonchev–Trinajstić information content (AvgIpc) is 2.35. The van der Waals surface area contributed by atoms with Crippen molar-refractivity contribution in [1.29, 1.82) is 5.41 Å². The number of nitrogens with one attached hydrogen (secondary N) is 1. The first-order chi connectivity index (χ1) is 7.67. The van der Waals surface area contributed by atoms with E-state index in [4.69, 9.17) is 24.4 Å². The van der Waals surface area contributed by atoms with E-state index in [2.05, 4.69) is 0 Å². The number of hydrogen-bond acceptors (Lipinski definition) is 5. The van der Waals surface area contributed by atoms with E-state index < -0.39 is 0 Å². The van der Waals surface area contributed by atoms with Crippen molar-refractivity contribution in [3.05, 3.63) is 17.7 Å². The molecule has 16 heavy (non-hydrogen) atoms. The molecule has 0 aromatic heterocycles. The third kappa shape index (κ3) is 2.18. The number of benzene rings is 1.